The first-order valence-corrected chi connectivity index (χ1v) is 7.37. The van der Waals surface area contributed by atoms with E-state index >= 15 is 0 Å². The Hall–Kier alpha value is -1.03. The molecule has 1 aromatic heterocycles. The molecule has 0 amide bonds. The van der Waals surface area contributed by atoms with Crippen LogP contribution in [0.15, 0.2) is 12.4 Å². The molecule has 0 radical (unpaired) electrons. The molecule has 1 N–H and O–H groups in total. The second kappa shape index (κ2) is 8.20. The van der Waals surface area contributed by atoms with Gasteiger partial charge in [-0.1, -0.05) is 26.7 Å². The van der Waals surface area contributed by atoms with Gasteiger partial charge in [0.2, 0.25) is 5.88 Å². The quantitative estimate of drug-likeness (QED) is 0.740. The molecule has 1 rings (SSSR count). The van der Waals surface area contributed by atoms with Crippen molar-refractivity contribution in [3.63, 3.8) is 0 Å². The lowest BCUT2D eigenvalue weighted by Gasteiger charge is -2.19. The minimum absolute atomic E-state index is 0.105. The van der Waals surface area contributed by atoms with Crippen molar-refractivity contribution >= 4 is 17.4 Å². The Morgan fingerprint density at radius 2 is 1.95 bits per heavy atom. The molecule has 5 heteroatoms. The molecule has 0 aromatic carbocycles. The van der Waals surface area contributed by atoms with Crippen LogP contribution in [0.4, 0.5) is 5.82 Å². The Morgan fingerprint density at radius 3 is 2.53 bits per heavy atom. The van der Waals surface area contributed by atoms with Crippen LogP contribution < -0.4 is 10.1 Å². The van der Waals surface area contributed by atoms with E-state index in [0.717, 1.165) is 18.7 Å². The molecule has 0 saturated carbocycles. The third-order valence-corrected chi connectivity index (χ3v) is 3.55. The second-order valence-corrected chi connectivity index (χ2v) is 5.44. The van der Waals surface area contributed by atoms with Gasteiger partial charge >= 0.3 is 0 Å². The fourth-order valence-electron chi connectivity index (χ4n) is 1.91. The smallest absolute Gasteiger partial charge is 0.218 e. The van der Waals surface area contributed by atoms with Crippen molar-refractivity contribution in [2.45, 2.75) is 52.0 Å². The van der Waals surface area contributed by atoms with Crippen molar-refractivity contribution in [1.82, 2.24) is 9.97 Å². The zero-order chi connectivity index (χ0) is 14.3. The van der Waals surface area contributed by atoms with Crippen LogP contribution >= 0.6 is 11.6 Å². The standard InChI is InChI=1S/C14H24ClN3O/c1-5-11(6-2)12(15)8-16-13-7-14(18-9-17-13)19-10(3)4/h7,9-12H,5-6,8H2,1-4H3,(H,16,17,18). The summed E-state index contributed by atoms with van der Waals surface area (Å²) < 4.78 is 5.53. The number of alkyl halides is 1. The number of hydrogen-bond donors (Lipinski definition) is 1. The van der Waals surface area contributed by atoms with Gasteiger partial charge in [0.05, 0.1) is 11.5 Å². The molecule has 0 fully saturated rings. The van der Waals surface area contributed by atoms with Gasteiger partial charge in [0.15, 0.2) is 0 Å². The number of ether oxygens (including phenoxy) is 1. The zero-order valence-electron chi connectivity index (χ0n) is 12.2. The average Bonchev–Trinajstić information content (AvgIpc) is 2.37. The lowest BCUT2D eigenvalue weighted by molar-refractivity contribution is 0.232. The van der Waals surface area contributed by atoms with Gasteiger partial charge in [-0.05, 0) is 19.8 Å². The van der Waals surface area contributed by atoms with Gasteiger partial charge in [-0.25, -0.2) is 9.97 Å². The maximum Gasteiger partial charge on any atom is 0.218 e. The molecule has 108 valence electrons. The van der Waals surface area contributed by atoms with Gasteiger partial charge < -0.3 is 10.1 Å². The maximum absolute atomic E-state index is 6.38. The van der Waals surface area contributed by atoms with Crippen molar-refractivity contribution in [2.24, 2.45) is 5.92 Å². The third kappa shape index (κ3) is 5.64. The molecule has 1 atom stereocenters. The van der Waals surface area contributed by atoms with Crippen LogP contribution in [-0.2, 0) is 0 Å². The van der Waals surface area contributed by atoms with E-state index in [4.69, 9.17) is 16.3 Å². The van der Waals surface area contributed by atoms with Crippen molar-refractivity contribution in [3.05, 3.63) is 12.4 Å². The Morgan fingerprint density at radius 1 is 1.26 bits per heavy atom. The second-order valence-electron chi connectivity index (χ2n) is 4.88. The number of nitrogens with zero attached hydrogens (tertiary/aromatic N) is 2. The first-order valence-electron chi connectivity index (χ1n) is 6.93. The molecule has 0 aliphatic heterocycles. The van der Waals surface area contributed by atoms with E-state index in [0.29, 0.717) is 18.3 Å². The number of halogens is 1. The summed E-state index contributed by atoms with van der Waals surface area (Å²) in [6.45, 7) is 8.98. The van der Waals surface area contributed by atoms with Crippen molar-refractivity contribution in [3.8, 4) is 5.88 Å². The first kappa shape index (κ1) is 16.0. The predicted molar refractivity (Wildman–Crippen MR) is 80.0 cm³/mol. The van der Waals surface area contributed by atoms with Crippen LogP contribution in [0.3, 0.4) is 0 Å². The van der Waals surface area contributed by atoms with Crippen molar-refractivity contribution in [2.75, 3.05) is 11.9 Å². The molecule has 0 aliphatic carbocycles. The summed E-state index contributed by atoms with van der Waals surface area (Å²) in [5.41, 5.74) is 0. The number of nitrogens with one attached hydrogen (secondary N) is 1. The molecular formula is C14H24ClN3O. The van der Waals surface area contributed by atoms with E-state index in [9.17, 15) is 0 Å². The monoisotopic (exact) mass is 285 g/mol. The first-order chi connectivity index (χ1) is 9.06. The Kier molecular flexibility index (Phi) is 6.92. The fourth-order valence-corrected chi connectivity index (χ4v) is 2.34. The zero-order valence-corrected chi connectivity index (χ0v) is 12.9. The van der Waals surface area contributed by atoms with Gasteiger partial charge in [0.25, 0.3) is 0 Å². The summed E-state index contributed by atoms with van der Waals surface area (Å²) in [6, 6.07) is 1.80. The molecule has 1 aromatic rings. The van der Waals surface area contributed by atoms with E-state index in [2.05, 4.69) is 29.1 Å². The van der Waals surface area contributed by atoms with Crippen LogP contribution in [0, 0.1) is 5.92 Å². The van der Waals surface area contributed by atoms with E-state index in [-0.39, 0.29) is 11.5 Å². The summed E-state index contributed by atoms with van der Waals surface area (Å²) in [5.74, 6) is 1.87. The maximum atomic E-state index is 6.38. The van der Waals surface area contributed by atoms with Gasteiger partial charge in [0, 0.05) is 12.6 Å². The lowest BCUT2D eigenvalue weighted by atomic mass is 9.99. The molecule has 0 spiro atoms. The molecular weight excluding hydrogens is 262 g/mol. The largest absolute Gasteiger partial charge is 0.475 e. The number of aromatic nitrogens is 2. The SMILES string of the molecule is CCC(CC)C(Cl)CNc1cc(OC(C)C)ncn1. The molecule has 1 unspecified atom stereocenters. The summed E-state index contributed by atoms with van der Waals surface area (Å²) in [7, 11) is 0. The highest BCUT2D eigenvalue weighted by molar-refractivity contribution is 6.21. The lowest BCUT2D eigenvalue weighted by Crippen LogP contribution is -2.23. The number of anilines is 1. The van der Waals surface area contributed by atoms with Crippen LogP contribution in [0.25, 0.3) is 0 Å². The predicted octanol–water partition coefficient (Wildman–Crippen LogP) is 3.72. The normalized spacial score (nSPS) is 12.8. The van der Waals surface area contributed by atoms with Gasteiger partial charge in [-0.3, -0.25) is 0 Å². The number of rotatable bonds is 8. The van der Waals surface area contributed by atoms with E-state index in [1.807, 2.05) is 13.8 Å². The summed E-state index contributed by atoms with van der Waals surface area (Å²) >= 11 is 6.38. The molecule has 4 nitrogen and oxygen atoms in total. The summed E-state index contributed by atoms with van der Waals surface area (Å²) in [4.78, 5) is 8.24. The van der Waals surface area contributed by atoms with E-state index < -0.39 is 0 Å². The van der Waals surface area contributed by atoms with Gasteiger partial charge in [0.1, 0.15) is 12.1 Å². The highest BCUT2D eigenvalue weighted by atomic mass is 35.5. The fraction of sp³-hybridized carbons (Fsp3) is 0.714. The van der Waals surface area contributed by atoms with Crippen LogP contribution in [0.5, 0.6) is 5.88 Å². The highest BCUT2D eigenvalue weighted by Crippen LogP contribution is 2.19. The minimum Gasteiger partial charge on any atom is -0.475 e. The highest BCUT2D eigenvalue weighted by Gasteiger charge is 2.15. The molecule has 1 heterocycles. The minimum atomic E-state index is 0.105. The van der Waals surface area contributed by atoms with E-state index in [1.165, 1.54) is 6.33 Å². The number of hydrogen-bond acceptors (Lipinski definition) is 4. The van der Waals surface area contributed by atoms with Crippen LogP contribution in [-0.4, -0.2) is 28.0 Å². The molecule has 0 bridgehead atoms. The van der Waals surface area contributed by atoms with Gasteiger partial charge in [-0.2, -0.15) is 0 Å². The van der Waals surface area contributed by atoms with E-state index in [1.54, 1.807) is 6.07 Å². The summed E-state index contributed by atoms with van der Waals surface area (Å²) in [5, 5.41) is 3.35. The van der Waals surface area contributed by atoms with Crippen molar-refractivity contribution in [1.29, 1.82) is 0 Å². The Balaban J connectivity index is 2.53. The Labute approximate surface area is 120 Å². The van der Waals surface area contributed by atoms with Crippen LogP contribution in [0.1, 0.15) is 40.5 Å². The summed E-state index contributed by atoms with van der Waals surface area (Å²) in [6.07, 6.45) is 3.80. The Bertz CT molecular complexity index is 369. The molecule has 19 heavy (non-hydrogen) atoms. The third-order valence-electron chi connectivity index (χ3n) is 3.04. The van der Waals surface area contributed by atoms with Gasteiger partial charge in [-0.15, -0.1) is 11.6 Å². The molecule has 0 aliphatic rings. The van der Waals surface area contributed by atoms with Crippen LogP contribution in [0.2, 0.25) is 0 Å². The average molecular weight is 286 g/mol. The molecule has 0 saturated heterocycles. The topological polar surface area (TPSA) is 47.0 Å². The van der Waals surface area contributed by atoms with Crippen molar-refractivity contribution < 1.29 is 4.74 Å².